The molecule has 0 radical (unpaired) electrons. The van der Waals surface area contributed by atoms with Gasteiger partial charge in [0.15, 0.2) is 5.82 Å². The summed E-state index contributed by atoms with van der Waals surface area (Å²) in [6, 6.07) is 14.7. The molecule has 0 unspecified atom stereocenters. The van der Waals surface area contributed by atoms with Crippen LogP contribution in [-0.2, 0) is 6.42 Å². The van der Waals surface area contributed by atoms with E-state index in [2.05, 4.69) is 30.8 Å². The number of ether oxygens (including phenoxy) is 1. The van der Waals surface area contributed by atoms with Crippen LogP contribution >= 0.6 is 0 Å². The van der Waals surface area contributed by atoms with Crippen molar-refractivity contribution in [3.8, 4) is 28.6 Å². The van der Waals surface area contributed by atoms with Crippen LogP contribution in [0.1, 0.15) is 30.3 Å². The van der Waals surface area contributed by atoms with E-state index in [0.29, 0.717) is 36.3 Å². The second-order valence-electron chi connectivity index (χ2n) is 7.90. The second kappa shape index (κ2) is 9.15. The molecule has 9 heteroatoms. The minimum absolute atomic E-state index is 0.282. The zero-order valence-electron chi connectivity index (χ0n) is 18.2. The lowest BCUT2D eigenvalue weighted by molar-refractivity contribution is 0.252. The molecule has 4 aromatic rings. The summed E-state index contributed by atoms with van der Waals surface area (Å²) >= 11 is 0. The first-order valence-corrected chi connectivity index (χ1v) is 10.8. The van der Waals surface area contributed by atoms with Crippen LogP contribution in [0.25, 0.3) is 22.8 Å². The summed E-state index contributed by atoms with van der Waals surface area (Å²) in [6.45, 7) is 0.430. The second-order valence-corrected chi connectivity index (χ2v) is 7.90. The van der Waals surface area contributed by atoms with Crippen LogP contribution in [0.3, 0.4) is 0 Å². The fraction of sp³-hybridized carbons (Fsp3) is 0.250. The van der Waals surface area contributed by atoms with Crippen molar-refractivity contribution in [2.75, 3.05) is 19.0 Å². The van der Waals surface area contributed by atoms with Crippen molar-refractivity contribution in [1.29, 1.82) is 0 Å². The number of benzene rings is 2. The van der Waals surface area contributed by atoms with Gasteiger partial charge in [-0.2, -0.15) is 5.10 Å². The van der Waals surface area contributed by atoms with E-state index >= 15 is 0 Å². The molecule has 0 aliphatic heterocycles. The summed E-state index contributed by atoms with van der Waals surface area (Å²) in [7, 11) is 1.62. The molecule has 5 rings (SSSR count). The zero-order chi connectivity index (χ0) is 22.6. The molecule has 2 heterocycles. The van der Waals surface area contributed by atoms with Gasteiger partial charge in [-0.05, 0) is 61.4 Å². The van der Waals surface area contributed by atoms with Crippen molar-refractivity contribution >= 4 is 11.7 Å². The highest BCUT2D eigenvalue weighted by Gasteiger charge is 2.27. The molecule has 2 amide bonds. The molecule has 1 saturated carbocycles. The SMILES string of the molecule is COc1ccc(-c2nc(CCNC(=O)Nc3ccc(-c4n[nH]c(C5CC5)n4)cc3)co2)cc1. The molecule has 0 spiro atoms. The topological polar surface area (TPSA) is 118 Å². The number of carbonyl (C=O) groups is 1. The Kier molecular flexibility index (Phi) is 5.75. The third-order valence-corrected chi connectivity index (χ3v) is 5.42. The molecule has 3 N–H and O–H groups in total. The Labute approximate surface area is 190 Å². The van der Waals surface area contributed by atoms with Crippen molar-refractivity contribution in [3.63, 3.8) is 0 Å². The Balaban J connectivity index is 1.09. The summed E-state index contributed by atoms with van der Waals surface area (Å²) < 4.78 is 10.7. The highest BCUT2D eigenvalue weighted by Crippen LogP contribution is 2.38. The van der Waals surface area contributed by atoms with E-state index in [0.717, 1.165) is 28.4 Å². The van der Waals surface area contributed by atoms with Gasteiger partial charge in [-0.15, -0.1) is 0 Å². The van der Waals surface area contributed by atoms with Crippen LogP contribution in [0.2, 0.25) is 0 Å². The number of H-pyrrole nitrogens is 1. The first-order chi connectivity index (χ1) is 16.2. The summed E-state index contributed by atoms with van der Waals surface area (Å²) in [5.41, 5.74) is 3.23. The van der Waals surface area contributed by atoms with Gasteiger partial charge in [0.25, 0.3) is 0 Å². The molecule has 1 fully saturated rings. The lowest BCUT2D eigenvalue weighted by Gasteiger charge is -2.07. The van der Waals surface area contributed by atoms with E-state index in [9.17, 15) is 4.79 Å². The number of aromatic amines is 1. The monoisotopic (exact) mass is 444 g/mol. The number of aromatic nitrogens is 4. The largest absolute Gasteiger partial charge is 0.497 e. The molecule has 1 aliphatic rings. The lowest BCUT2D eigenvalue weighted by atomic mass is 10.2. The third kappa shape index (κ3) is 5.03. The van der Waals surface area contributed by atoms with Gasteiger partial charge in [0.1, 0.15) is 17.8 Å². The van der Waals surface area contributed by atoms with Gasteiger partial charge in [0.2, 0.25) is 5.89 Å². The molecular formula is C24H24N6O3. The first kappa shape index (κ1) is 20.7. The minimum atomic E-state index is -0.282. The van der Waals surface area contributed by atoms with Crippen LogP contribution in [0.15, 0.2) is 59.2 Å². The number of anilines is 1. The summed E-state index contributed by atoms with van der Waals surface area (Å²) in [4.78, 5) is 21.2. The molecule has 1 aliphatic carbocycles. The van der Waals surface area contributed by atoms with Crippen LogP contribution in [-0.4, -0.2) is 39.9 Å². The van der Waals surface area contributed by atoms with E-state index < -0.39 is 0 Å². The molecule has 2 aromatic carbocycles. The Morgan fingerprint density at radius 3 is 2.58 bits per heavy atom. The molecule has 9 nitrogen and oxygen atoms in total. The predicted octanol–water partition coefficient (Wildman–Crippen LogP) is 4.38. The smallest absolute Gasteiger partial charge is 0.319 e. The van der Waals surface area contributed by atoms with Crippen LogP contribution in [0, 0.1) is 0 Å². The quantitative estimate of drug-likeness (QED) is 0.371. The minimum Gasteiger partial charge on any atom is -0.497 e. The van der Waals surface area contributed by atoms with E-state index in [1.165, 1.54) is 12.8 Å². The maximum atomic E-state index is 12.2. The Morgan fingerprint density at radius 2 is 1.85 bits per heavy atom. The number of rotatable bonds is 8. The predicted molar refractivity (Wildman–Crippen MR) is 123 cm³/mol. The lowest BCUT2D eigenvalue weighted by Crippen LogP contribution is -2.30. The summed E-state index contributed by atoms with van der Waals surface area (Å²) in [6.07, 6.45) is 4.51. The number of methoxy groups -OCH3 is 1. The zero-order valence-corrected chi connectivity index (χ0v) is 18.2. The van der Waals surface area contributed by atoms with E-state index in [1.54, 1.807) is 13.4 Å². The van der Waals surface area contributed by atoms with Gasteiger partial charge in [-0.1, -0.05) is 0 Å². The van der Waals surface area contributed by atoms with Crippen LogP contribution in [0.5, 0.6) is 5.75 Å². The van der Waals surface area contributed by atoms with E-state index in [4.69, 9.17) is 9.15 Å². The Hall–Kier alpha value is -4.14. The van der Waals surface area contributed by atoms with E-state index in [-0.39, 0.29) is 6.03 Å². The number of amides is 2. The molecule has 2 aromatic heterocycles. The van der Waals surface area contributed by atoms with Crippen molar-refractivity contribution < 1.29 is 13.9 Å². The molecular weight excluding hydrogens is 420 g/mol. The summed E-state index contributed by atoms with van der Waals surface area (Å²) in [5.74, 6) is 3.47. The standard InChI is InChI=1S/C24H24N6O3/c1-32-20-10-6-17(7-11-20)23-26-19(14-33-23)12-13-25-24(31)27-18-8-4-16(5-9-18)22-28-21(29-30-22)15-2-3-15/h4-11,14-15H,2-3,12-13H2,1H3,(H2,25,27,31)(H,28,29,30). The van der Waals surface area contributed by atoms with Gasteiger partial charge in [-0.3, -0.25) is 5.10 Å². The molecule has 0 bridgehead atoms. The number of oxazole rings is 1. The molecule has 0 saturated heterocycles. The Bertz CT molecular complexity index is 1230. The number of urea groups is 1. The normalized spacial score (nSPS) is 13.0. The highest BCUT2D eigenvalue weighted by atomic mass is 16.5. The van der Waals surface area contributed by atoms with Gasteiger partial charge in [0, 0.05) is 35.7 Å². The Morgan fingerprint density at radius 1 is 1.09 bits per heavy atom. The molecule has 0 atom stereocenters. The highest BCUT2D eigenvalue weighted by molar-refractivity contribution is 5.89. The number of nitrogens with zero attached hydrogens (tertiary/aromatic N) is 3. The van der Waals surface area contributed by atoms with Crippen molar-refractivity contribution in [3.05, 3.63) is 66.3 Å². The van der Waals surface area contributed by atoms with Gasteiger partial charge in [-0.25, -0.2) is 14.8 Å². The first-order valence-electron chi connectivity index (χ1n) is 10.8. The number of hydrogen-bond acceptors (Lipinski definition) is 6. The maximum Gasteiger partial charge on any atom is 0.319 e. The summed E-state index contributed by atoms with van der Waals surface area (Å²) in [5, 5.41) is 13.0. The van der Waals surface area contributed by atoms with Crippen molar-refractivity contribution in [2.24, 2.45) is 0 Å². The number of carbonyl (C=O) groups excluding carboxylic acids is 1. The fourth-order valence-corrected chi connectivity index (χ4v) is 3.41. The average Bonchev–Trinajstić information content (AvgIpc) is 3.38. The van der Waals surface area contributed by atoms with Crippen LogP contribution < -0.4 is 15.4 Å². The van der Waals surface area contributed by atoms with E-state index in [1.807, 2.05) is 48.5 Å². The third-order valence-electron chi connectivity index (χ3n) is 5.42. The fourth-order valence-electron chi connectivity index (χ4n) is 3.41. The van der Waals surface area contributed by atoms with Gasteiger partial charge >= 0.3 is 6.03 Å². The van der Waals surface area contributed by atoms with Gasteiger partial charge in [0.05, 0.1) is 12.8 Å². The average molecular weight is 444 g/mol. The number of hydrogen-bond donors (Lipinski definition) is 3. The molecule has 168 valence electrons. The van der Waals surface area contributed by atoms with Crippen molar-refractivity contribution in [2.45, 2.75) is 25.2 Å². The van der Waals surface area contributed by atoms with Crippen molar-refractivity contribution in [1.82, 2.24) is 25.5 Å². The van der Waals surface area contributed by atoms with Gasteiger partial charge < -0.3 is 19.8 Å². The number of nitrogens with one attached hydrogen (secondary N) is 3. The van der Waals surface area contributed by atoms with Crippen LogP contribution in [0.4, 0.5) is 10.5 Å². The maximum absolute atomic E-state index is 12.2. The molecule has 33 heavy (non-hydrogen) atoms.